The summed E-state index contributed by atoms with van der Waals surface area (Å²) in [4.78, 5) is 4.38. The fraction of sp³-hybridized carbons (Fsp3) is 0.696. The molecule has 0 aliphatic carbocycles. The van der Waals surface area contributed by atoms with Crippen LogP contribution >= 0.6 is 24.0 Å². The number of nitrogens with one attached hydrogen (secondary N) is 2. The summed E-state index contributed by atoms with van der Waals surface area (Å²) in [5.74, 6) is 1.54. The fourth-order valence-corrected chi connectivity index (χ4v) is 3.82. The fourth-order valence-electron chi connectivity index (χ4n) is 3.82. The highest BCUT2D eigenvalue weighted by Gasteiger charge is 2.28. The number of rotatable bonds is 11. The van der Waals surface area contributed by atoms with Crippen molar-refractivity contribution in [1.82, 2.24) is 10.6 Å². The van der Waals surface area contributed by atoms with Gasteiger partial charge in [0.2, 0.25) is 0 Å². The van der Waals surface area contributed by atoms with Crippen molar-refractivity contribution >= 4 is 29.9 Å². The zero-order valence-electron chi connectivity index (χ0n) is 18.4. The van der Waals surface area contributed by atoms with Crippen LogP contribution in [-0.2, 0) is 14.9 Å². The number of nitrogens with zero attached hydrogens (tertiary/aromatic N) is 1. The highest BCUT2D eigenvalue weighted by Crippen LogP contribution is 2.30. The lowest BCUT2D eigenvalue weighted by atomic mass is 9.76. The average molecular weight is 517 g/mol. The first kappa shape index (κ1) is 26.2. The molecule has 1 heterocycles. The minimum atomic E-state index is 0. The molecule has 1 fully saturated rings. The van der Waals surface area contributed by atoms with Gasteiger partial charge in [-0.1, -0.05) is 44.2 Å². The third-order valence-corrected chi connectivity index (χ3v) is 6.01. The van der Waals surface area contributed by atoms with Gasteiger partial charge in [-0.05, 0) is 43.6 Å². The zero-order valence-corrected chi connectivity index (χ0v) is 20.7. The largest absolute Gasteiger partial charge is 0.381 e. The Morgan fingerprint density at radius 2 is 1.83 bits per heavy atom. The molecule has 2 rings (SSSR count). The van der Waals surface area contributed by atoms with Crippen molar-refractivity contribution in [2.75, 3.05) is 46.6 Å². The van der Waals surface area contributed by atoms with Crippen molar-refractivity contribution in [2.45, 2.75) is 51.4 Å². The summed E-state index contributed by atoms with van der Waals surface area (Å²) in [6.07, 6.45) is 5.43. The summed E-state index contributed by atoms with van der Waals surface area (Å²) in [6.45, 7) is 9.71. The van der Waals surface area contributed by atoms with E-state index in [1.165, 1.54) is 5.56 Å². The van der Waals surface area contributed by atoms with E-state index in [1.807, 2.05) is 7.05 Å². The molecule has 166 valence electrons. The van der Waals surface area contributed by atoms with Gasteiger partial charge in [0, 0.05) is 52.0 Å². The Labute approximate surface area is 194 Å². The molecule has 1 saturated heterocycles. The molecule has 1 aromatic carbocycles. The number of hydrogen-bond donors (Lipinski definition) is 2. The number of halogens is 1. The average Bonchev–Trinajstić information content (AvgIpc) is 2.77. The molecule has 0 atom stereocenters. The van der Waals surface area contributed by atoms with Crippen LogP contribution in [0.3, 0.4) is 0 Å². The third-order valence-electron chi connectivity index (χ3n) is 6.01. The van der Waals surface area contributed by atoms with E-state index in [1.54, 1.807) is 0 Å². The van der Waals surface area contributed by atoms with Gasteiger partial charge in [0.25, 0.3) is 0 Å². The molecule has 0 saturated carbocycles. The summed E-state index contributed by atoms with van der Waals surface area (Å²) < 4.78 is 11.2. The van der Waals surface area contributed by atoms with E-state index in [2.05, 4.69) is 59.8 Å². The maximum atomic E-state index is 5.84. The van der Waals surface area contributed by atoms with Gasteiger partial charge in [0.1, 0.15) is 0 Å². The topological polar surface area (TPSA) is 54.9 Å². The van der Waals surface area contributed by atoms with E-state index < -0.39 is 0 Å². The lowest BCUT2D eigenvalue weighted by molar-refractivity contribution is 0.0203. The number of hydrogen-bond acceptors (Lipinski definition) is 3. The van der Waals surface area contributed by atoms with Crippen molar-refractivity contribution in [3.63, 3.8) is 0 Å². The smallest absolute Gasteiger partial charge is 0.191 e. The molecule has 0 spiro atoms. The molecule has 1 aliphatic rings. The molecule has 0 radical (unpaired) electrons. The van der Waals surface area contributed by atoms with Crippen LogP contribution in [0.1, 0.15) is 51.5 Å². The first-order valence-electron chi connectivity index (χ1n) is 10.9. The number of benzene rings is 1. The number of aliphatic imine (C=N–C) groups is 1. The van der Waals surface area contributed by atoms with Gasteiger partial charge in [-0.2, -0.15) is 0 Å². The lowest BCUT2D eigenvalue weighted by Gasteiger charge is -2.33. The van der Waals surface area contributed by atoms with Crippen molar-refractivity contribution < 1.29 is 9.47 Å². The van der Waals surface area contributed by atoms with Crippen LogP contribution in [0.25, 0.3) is 0 Å². The van der Waals surface area contributed by atoms with Gasteiger partial charge in [0.15, 0.2) is 5.96 Å². The monoisotopic (exact) mass is 517 g/mol. The normalized spacial score (nSPS) is 15.6. The van der Waals surface area contributed by atoms with Crippen molar-refractivity contribution in [3.8, 4) is 0 Å². The summed E-state index contributed by atoms with van der Waals surface area (Å²) in [6, 6.07) is 10.8. The molecule has 1 aliphatic heterocycles. The number of ether oxygens (including phenoxy) is 2. The lowest BCUT2D eigenvalue weighted by Crippen LogP contribution is -2.45. The Morgan fingerprint density at radius 3 is 2.45 bits per heavy atom. The van der Waals surface area contributed by atoms with Crippen LogP contribution < -0.4 is 10.6 Å². The van der Waals surface area contributed by atoms with Gasteiger partial charge in [-0.3, -0.25) is 4.99 Å². The van der Waals surface area contributed by atoms with E-state index >= 15 is 0 Å². The van der Waals surface area contributed by atoms with Gasteiger partial charge >= 0.3 is 0 Å². The quantitative estimate of drug-likeness (QED) is 0.198. The van der Waals surface area contributed by atoms with Crippen LogP contribution in [0.2, 0.25) is 0 Å². The zero-order chi connectivity index (χ0) is 20.1. The van der Waals surface area contributed by atoms with Crippen LogP contribution in [-0.4, -0.2) is 52.5 Å². The second-order valence-electron chi connectivity index (χ2n) is 7.69. The molecule has 6 heteroatoms. The second kappa shape index (κ2) is 15.0. The Kier molecular flexibility index (Phi) is 13.6. The predicted molar refractivity (Wildman–Crippen MR) is 132 cm³/mol. The van der Waals surface area contributed by atoms with E-state index in [4.69, 9.17) is 9.47 Å². The molecule has 0 aromatic heterocycles. The highest BCUT2D eigenvalue weighted by atomic mass is 127. The molecule has 0 amide bonds. The molecule has 1 aromatic rings. The predicted octanol–water partition coefficient (Wildman–Crippen LogP) is 4.36. The maximum Gasteiger partial charge on any atom is 0.191 e. The van der Waals surface area contributed by atoms with Crippen LogP contribution in [0.5, 0.6) is 0 Å². The van der Waals surface area contributed by atoms with E-state index in [-0.39, 0.29) is 29.4 Å². The van der Waals surface area contributed by atoms with Crippen molar-refractivity contribution in [3.05, 3.63) is 35.9 Å². The van der Waals surface area contributed by atoms with Gasteiger partial charge < -0.3 is 20.1 Å². The molecule has 2 N–H and O–H groups in total. The standard InChI is InChI=1S/C23H39N3O2.HI/c1-4-23(5-2,21-10-7-6-8-11-21)19-26-22(24-3)25-14-9-15-28-18-20-12-16-27-17-13-20;/h6-8,10-11,20H,4-5,9,12-19H2,1-3H3,(H2,24,25,26);1H. The first-order valence-corrected chi connectivity index (χ1v) is 10.9. The van der Waals surface area contributed by atoms with Gasteiger partial charge in [-0.25, -0.2) is 0 Å². The molecule has 5 nitrogen and oxygen atoms in total. The Bertz CT molecular complexity index is 559. The van der Waals surface area contributed by atoms with Crippen molar-refractivity contribution in [2.24, 2.45) is 10.9 Å². The molecule has 29 heavy (non-hydrogen) atoms. The Hall–Kier alpha value is -0.860. The summed E-state index contributed by atoms with van der Waals surface area (Å²) in [7, 11) is 1.83. The molecule has 0 unspecified atom stereocenters. The third kappa shape index (κ3) is 8.80. The Balaban J connectivity index is 0.00000420. The van der Waals surface area contributed by atoms with Crippen LogP contribution in [0, 0.1) is 5.92 Å². The first-order chi connectivity index (χ1) is 13.7. The summed E-state index contributed by atoms with van der Waals surface area (Å²) in [5.41, 5.74) is 1.52. The highest BCUT2D eigenvalue weighted by molar-refractivity contribution is 14.0. The van der Waals surface area contributed by atoms with E-state index in [0.717, 1.165) is 77.6 Å². The van der Waals surface area contributed by atoms with E-state index in [9.17, 15) is 0 Å². The van der Waals surface area contributed by atoms with Crippen LogP contribution in [0.4, 0.5) is 0 Å². The molecular weight excluding hydrogens is 477 g/mol. The summed E-state index contributed by atoms with van der Waals surface area (Å²) in [5, 5.41) is 6.96. The molecular formula is C23H40IN3O2. The minimum absolute atomic E-state index is 0. The van der Waals surface area contributed by atoms with Crippen molar-refractivity contribution in [1.29, 1.82) is 0 Å². The molecule has 0 bridgehead atoms. The summed E-state index contributed by atoms with van der Waals surface area (Å²) >= 11 is 0. The van der Waals surface area contributed by atoms with Crippen LogP contribution in [0.15, 0.2) is 35.3 Å². The van der Waals surface area contributed by atoms with Gasteiger partial charge in [0.05, 0.1) is 0 Å². The van der Waals surface area contributed by atoms with E-state index in [0.29, 0.717) is 5.92 Å². The minimum Gasteiger partial charge on any atom is -0.381 e. The SMILES string of the molecule is CCC(CC)(CNC(=NC)NCCCOCC1CCOCC1)c1ccccc1.I. The second-order valence-corrected chi connectivity index (χ2v) is 7.69. The van der Waals surface area contributed by atoms with Gasteiger partial charge in [-0.15, -0.1) is 24.0 Å². The maximum absolute atomic E-state index is 5.84. The Morgan fingerprint density at radius 1 is 1.14 bits per heavy atom. The number of guanidine groups is 1.